The molecule has 10 nitrogen and oxygen atoms in total. The number of β-amino-alcohol motifs (C(OH)–C–C–N with tert-alkyl or cyclic N) is 1. The number of likely N-dealkylation sites (tertiary alicyclic amines) is 1. The minimum Gasteiger partial charge on any atom is -0.483 e. The highest BCUT2D eigenvalue weighted by Gasteiger charge is 2.43. The zero-order chi connectivity index (χ0) is 30.7. The Morgan fingerprint density at radius 1 is 1.22 bits per heavy atom. The van der Waals surface area contributed by atoms with Gasteiger partial charge in [-0.1, -0.05) is 13.3 Å². The second kappa shape index (κ2) is 12.7. The van der Waals surface area contributed by atoms with Gasteiger partial charge in [0.1, 0.15) is 17.8 Å². The number of ether oxygens (including phenoxy) is 1. The van der Waals surface area contributed by atoms with Gasteiger partial charge in [0.05, 0.1) is 17.2 Å². The van der Waals surface area contributed by atoms with Crippen molar-refractivity contribution in [1.29, 1.82) is 0 Å². The Labute approximate surface area is 237 Å². The summed E-state index contributed by atoms with van der Waals surface area (Å²) >= 11 is 0. The molecule has 0 aromatic heterocycles. The van der Waals surface area contributed by atoms with Crippen LogP contribution in [0.5, 0.6) is 5.75 Å². The summed E-state index contributed by atoms with van der Waals surface area (Å²) in [5, 5.41) is 15.6. The molecule has 0 unspecified atom stereocenters. The average molecular weight is 585 g/mol. The van der Waals surface area contributed by atoms with E-state index in [-0.39, 0.29) is 42.4 Å². The molecule has 2 aliphatic rings. The fourth-order valence-corrected chi connectivity index (χ4v) is 4.60. The highest BCUT2D eigenvalue weighted by Crippen LogP contribution is 2.35. The third-order valence-electron chi connectivity index (χ3n) is 7.50. The monoisotopic (exact) mass is 584 g/mol. The summed E-state index contributed by atoms with van der Waals surface area (Å²) in [6.07, 6.45) is -3.41. The van der Waals surface area contributed by atoms with Crippen LogP contribution in [0.4, 0.5) is 13.2 Å². The zero-order valence-corrected chi connectivity index (χ0v) is 24.0. The Morgan fingerprint density at radius 3 is 2.44 bits per heavy atom. The molecule has 0 spiro atoms. The summed E-state index contributed by atoms with van der Waals surface area (Å²) in [5.74, 6) is -2.80. The Balaban J connectivity index is 1.82. The number of nitrogens with zero attached hydrogens (tertiary/aromatic N) is 2. The molecule has 3 atom stereocenters. The van der Waals surface area contributed by atoms with Crippen molar-refractivity contribution in [1.82, 2.24) is 20.4 Å². The Bertz CT molecular complexity index is 1150. The van der Waals surface area contributed by atoms with Crippen molar-refractivity contribution in [2.45, 2.75) is 95.7 Å². The number of hydrogen-bond acceptors (Lipinski definition) is 6. The second-order valence-electron chi connectivity index (χ2n) is 11.4. The molecule has 0 bridgehead atoms. The minimum absolute atomic E-state index is 0.0480. The van der Waals surface area contributed by atoms with E-state index >= 15 is 0 Å². The Kier molecular flexibility index (Phi) is 9.94. The van der Waals surface area contributed by atoms with Crippen LogP contribution in [-0.4, -0.2) is 88.5 Å². The lowest BCUT2D eigenvalue weighted by molar-refractivity contribution is -0.145. The first-order valence-corrected chi connectivity index (χ1v) is 13.8. The van der Waals surface area contributed by atoms with E-state index in [9.17, 15) is 37.5 Å². The lowest BCUT2D eigenvalue weighted by Gasteiger charge is -2.32. The molecular formula is C28H39F3N4O6. The molecule has 1 heterocycles. The molecule has 3 rings (SSSR count). The van der Waals surface area contributed by atoms with Gasteiger partial charge in [-0.2, -0.15) is 13.2 Å². The van der Waals surface area contributed by atoms with Crippen molar-refractivity contribution in [2.75, 3.05) is 20.2 Å². The molecule has 1 aromatic carbocycles. The van der Waals surface area contributed by atoms with Gasteiger partial charge in [-0.15, -0.1) is 0 Å². The van der Waals surface area contributed by atoms with E-state index < -0.39 is 60.0 Å². The fourth-order valence-electron chi connectivity index (χ4n) is 4.60. The maximum Gasteiger partial charge on any atom is 0.416 e. The van der Waals surface area contributed by atoms with Crippen molar-refractivity contribution in [2.24, 2.45) is 0 Å². The van der Waals surface area contributed by atoms with E-state index in [1.807, 2.05) is 20.8 Å². The smallest absolute Gasteiger partial charge is 0.416 e. The maximum absolute atomic E-state index is 13.6. The van der Waals surface area contributed by atoms with E-state index in [4.69, 9.17) is 4.74 Å². The number of likely N-dealkylation sites (N-methyl/N-ethyl adjacent to an activating group) is 1. The van der Waals surface area contributed by atoms with Gasteiger partial charge < -0.3 is 30.3 Å². The number of carbonyl (C=O) groups is 4. The minimum atomic E-state index is -4.72. The van der Waals surface area contributed by atoms with Gasteiger partial charge in [0, 0.05) is 31.6 Å². The van der Waals surface area contributed by atoms with Crippen LogP contribution < -0.4 is 15.4 Å². The SMILES string of the molecule is CCC[C@@H](NC(=O)c1ccc(C(F)(F)F)cc1OCC(=O)NC1(C)CC1)C(=O)N1C[C@@H](O)C[C@@H]1C(=O)N(C)C(C)C. The molecule has 2 fully saturated rings. The first-order chi connectivity index (χ1) is 19.1. The standard InChI is InChI=1S/C28H39F3N4O6/c1-6-7-20(25(39)35-14-18(36)13-21(35)26(40)34(5)16(2)3)32-24(38)19-9-8-17(28(29,30)31)12-22(19)41-15-23(37)33-27(4)10-11-27/h8-9,12,16,18,20-21,36H,6-7,10-11,13-15H2,1-5H3,(H,32,38)(H,33,37)/t18-,20+,21+/m0/s1. The molecular weight excluding hydrogens is 545 g/mol. The summed E-state index contributed by atoms with van der Waals surface area (Å²) < 4.78 is 45.7. The summed E-state index contributed by atoms with van der Waals surface area (Å²) in [5.41, 5.74) is -1.72. The summed E-state index contributed by atoms with van der Waals surface area (Å²) in [4.78, 5) is 54.9. The van der Waals surface area contributed by atoms with Gasteiger partial charge in [0.2, 0.25) is 11.8 Å². The van der Waals surface area contributed by atoms with Crippen LogP contribution in [0.15, 0.2) is 18.2 Å². The number of benzene rings is 1. The normalized spacial score (nSPS) is 20.4. The summed E-state index contributed by atoms with van der Waals surface area (Å²) in [6.45, 7) is 6.54. The van der Waals surface area contributed by atoms with Crippen molar-refractivity contribution in [3.05, 3.63) is 29.3 Å². The molecule has 1 saturated heterocycles. The lowest BCUT2D eigenvalue weighted by atomic mass is 10.1. The van der Waals surface area contributed by atoms with Crippen LogP contribution in [-0.2, 0) is 20.6 Å². The zero-order valence-electron chi connectivity index (χ0n) is 24.0. The number of hydrogen-bond donors (Lipinski definition) is 3. The van der Waals surface area contributed by atoms with E-state index in [0.717, 1.165) is 25.0 Å². The predicted molar refractivity (Wildman–Crippen MR) is 143 cm³/mol. The first-order valence-electron chi connectivity index (χ1n) is 13.8. The number of rotatable bonds is 11. The number of aliphatic hydroxyl groups excluding tert-OH is 1. The third-order valence-corrected chi connectivity index (χ3v) is 7.50. The van der Waals surface area contributed by atoms with E-state index in [2.05, 4.69) is 10.6 Å². The molecule has 41 heavy (non-hydrogen) atoms. The molecule has 228 valence electrons. The number of nitrogens with one attached hydrogen (secondary N) is 2. The third kappa shape index (κ3) is 8.11. The van der Waals surface area contributed by atoms with E-state index in [0.29, 0.717) is 12.5 Å². The quantitative estimate of drug-likeness (QED) is 0.367. The number of halogens is 3. The van der Waals surface area contributed by atoms with Gasteiger partial charge in [-0.3, -0.25) is 19.2 Å². The molecule has 0 radical (unpaired) electrons. The van der Waals surface area contributed by atoms with Crippen molar-refractivity contribution in [3.63, 3.8) is 0 Å². The second-order valence-corrected chi connectivity index (χ2v) is 11.4. The average Bonchev–Trinajstić information content (AvgIpc) is 3.49. The maximum atomic E-state index is 13.6. The Hall–Kier alpha value is -3.35. The number of alkyl halides is 3. The van der Waals surface area contributed by atoms with Crippen molar-refractivity contribution in [3.8, 4) is 5.75 Å². The molecule has 4 amide bonds. The predicted octanol–water partition coefficient (Wildman–Crippen LogP) is 2.48. The van der Waals surface area contributed by atoms with Crippen LogP contribution in [0.25, 0.3) is 0 Å². The Morgan fingerprint density at radius 2 is 1.88 bits per heavy atom. The van der Waals surface area contributed by atoms with Crippen LogP contribution in [0.1, 0.15) is 75.7 Å². The lowest BCUT2D eigenvalue weighted by Crippen LogP contribution is -2.54. The number of carbonyl (C=O) groups excluding carboxylic acids is 4. The topological polar surface area (TPSA) is 128 Å². The molecule has 13 heteroatoms. The van der Waals surface area contributed by atoms with Crippen molar-refractivity contribution >= 4 is 23.6 Å². The largest absolute Gasteiger partial charge is 0.483 e. The van der Waals surface area contributed by atoms with Crippen LogP contribution in [0.3, 0.4) is 0 Å². The van der Waals surface area contributed by atoms with Crippen molar-refractivity contribution < 1.29 is 42.2 Å². The highest BCUT2D eigenvalue weighted by atomic mass is 19.4. The van der Waals surface area contributed by atoms with Gasteiger partial charge in [0.25, 0.3) is 11.8 Å². The van der Waals surface area contributed by atoms with Crippen LogP contribution in [0, 0.1) is 0 Å². The van der Waals surface area contributed by atoms with Gasteiger partial charge in [0.15, 0.2) is 6.61 Å². The fraction of sp³-hybridized carbons (Fsp3) is 0.643. The molecule has 1 saturated carbocycles. The first kappa shape index (κ1) is 32.2. The van der Waals surface area contributed by atoms with Crippen LogP contribution >= 0.6 is 0 Å². The summed E-state index contributed by atoms with van der Waals surface area (Å²) in [7, 11) is 1.60. The molecule has 1 aromatic rings. The molecule has 1 aliphatic carbocycles. The molecule has 3 N–H and O–H groups in total. The highest BCUT2D eigenvalue weighted by molar-refractivity contribution is 6.00. The number of aliphatic hydroxyl groups is 1. The van der Waals surface area contributed by atoms with E-state index in [1.54, 1.807) is 14.0 Å². The van der Waals surface area contributed by atoms with Gasteiger partial charge >= 0.3 is 6.18 Å². The number of amides is 4. The van der Waals surface area contributed by atoms with E-state index in [1.165, 1.54) is 9.80 Å². The molecule has 1 aliphatic heterocycles. The van der Waals surface area contributed by atoms with Gasteiger partial charge in [-0.05, 0) is 58.2 Å². The van der Waals surface area contributed by atoms with Crippen LogP contribution in [0.2, 0.25) is 0 Å². The summed E-state index contributed by atoms with van der Waals surface area (Å²) in [6, 6.07) is 0.117. The van der Waals surface area contributed by atoms with Gasteiger partial charge in [-0.25, -0.2) is 0 Å².